The van der Waals surface area contributed by atoms with Crippen molar-refractivity contribution in [2.75, 3.05) is 0 Å². The predicted molar refractivity (Wildman–Crippen MR) is 51.3 cm³/mol. The summed E-state index contributed by atoms with van der Waals surface area (Å²) in [6, 6.07) is 0. The van der Waals surface area contributed by atoms with E-state index in [9.17, 15) is 26.3 Å². The summed E-state index contributed by atoms with van der Waals surface area (Å²) in [7, 11) is 0. The Morgan fingerprint density at radius 2 is 1.47 bits per heavy atom. The molecule has 0 nitrogen and oxygen atoms in total. The van der Waals surface area contributed by atoms with Gasteiger partial charge in [0.25, 0.3) is 0 Å². The van der Waals surface area contributed by atoms with E-state index in [1.165, 1.54) is 0 Å². The van der Waals surface area contributed by atoms with Crippen LogP contribution in [0.3, 0.4) is 0 Å². The van der Waals surface area contributed by atoms with Gasteiger partial charge in [-0.15, -0.1) is 0 Å². The van der Waals surface area contributed by atoms with E-state index in [2.05, 4.69) is 0 Å². The van der Waals surface area contributed by atoms with Crippen LogP contribution in [0.2, 0.25) is 0 Å². The molecule has 0 aliphatic heterocycles. The largest absolute Gasteiger partial charge is 0.416 e. The lowest BCUT2D eigenvalue weighted by Gasteiger charge is -2.25. The molecule has 0 bridgehead atoms. The van der Waals surface area contributed by atoms with Gasteiger partial charge >= 0.3 is 12.4 Å². The van der Waals surface area contributed by atoms with Crippen LogP contribution < -0.4 is 0 Å². The molecule has 0 radical (unpaired) electrons. The average molecular weight is 258 g/mol. The van der Waals surface area contributed by atoms with Gasteiger partial charge in [0.1, 0.15) is 0 Å². The van der Waals surface area contributed by atoms with E-state index >= 15 is 0 Å². The van der Waals surface area contributed by atoms with E-state index in [0.717, 1.165) is 0 Å². The Balaban J connectivity index is 3.29. The minimum absolute atomic E-state index is 0.0338. The number of hydrogen-bond acceptors (Lipinski definition) is 0. The van der Waals surface area contributed by atoms with E-state index in [4.69, 9.17) is 0 Å². The Hall–Kier alpha value is -0.940. The molecule has 0 heterocycles. The lowest BCUT2D eigenvalue weighted by Crippen LogP contribution is -2.24. The number of halogens is 6. The Bertz CT molecular complexity index is 353. The maximum Gasteiger partial charge on any atom is 0.416 e. The SMILES string of the molecule is CC(C)C1=CC(C(F)(F)F)=C(C(F)(F)F)CC1. The molecule has 0 atom stereocenters. The summed E-state index contributed by atoms with van der Waals surface area (Å²) in [5.74, 6) is -0.179. The molecule has 0 fully saturated rings. The van der Waals surface area contributed by atoms with Crippen molar-refractivity contribution in [3.63, 3.8) is 0 Å². The molecule has 0 aromatic carbocycles. The summed E-state index contributed by atoms with van der Waals surface area (Å²) in [5.41, 5.74) is -2.60. The second-order valence-electron chi connectivity index (χ2n) is 4.26. The molecule has 6 heteroatoms. The molecule has 0 aromatic rings. The number of alkyl halides is 6. The molecule has 98 valence electrons. The molecule has 0 N–H and O–H groups in total. The Morgan fingerprint density at radius 1 is 0.941 bits per heavy atom. The topological polar surface area (TPSA) is 0 Å². The summed E-state index contributed by atoms with van der Waals surface area (Å²) in [5, 5.41) is 0. The normalized spacial score (nSPS) is 18.8. The summed E-state index contributed by atoms with van der Waals surface area (Å²) in [6.07, 6.45) is -9.78. The van der Waals surface area contributed by atoms with Crippen molar-refractivity contribution in [3.05, 3.63) is 22.8 Å². The molecule has 17 heavy (non-hydrogen) atoms. The monoisotopic (exact) mass is 258 g/mol. The predicted octanol–water partition coefficient (Wildman–Crippen LogP) is 4.78. The smallest absolute Gasteiger partial charge is 0.166 e. The number of hydrogen-bond donors (Lipinski definition) is 0. The third kappa shape index (κ3) is 3.26. The Morgan fingerprint density at radius 3 is 1.82 bits per heavy atom. The van der Waals surface area contributed by atoms with E-state index in [1.807, 2.05) is 0 Å². The summed E-state index contributed by atoms with van der Waals surface area (Å²) >= 11 is 0. The molecule has 1 aliphatic rings. The van der Waals surface area contributed by atoms with Crippen molar-refractivity contribution in [2.45, 2.75) is 39.0 Å². The highest BCUT2D eigenvalue weighted by atomic mass is 19.4. The van der Waals surface area contributed by atoms with Gasteiger partial charge in [-0.1, -0.05) is 25.5 Å². The highest BCUT2D eigenvalue weighted by Crippen LogP contribution is 2.43. The molecular weight excluding hydrogens is 246 g/mol. The first-order valence-corrected chi connectivity index (χ1v) is 5.11. The number of rotatable bonds is 1. The lowest BCUT2D eigenvalue weighted by molar-refractivity contribution is -0.115. The van der Waals surface area contributed by atoms with E-state index < -0.39 is 29.9 Å². The van der Waals surface area contributed by atoms with Gasteiger partial charge in [0, 0.05) is 5.57 Å². The minimum atomic E-state index is -4.95. The van der Waals surface area contributed by atoms with Gasteiger partial charge in [-0.2, -0.15) is 26.3 Å². The van der Waals surface area contributed by atoms with Crippen LogP contribution in [0.5, 0.6) is 0 Å². The van der Waals surface area contributed by atoms with Crippen LogP contribution in [-0.4, -0.2) is 12.4 Å². The summed E-state index contributed by atoms with van der Waals surface area (Å²) in [4.78, 5) is 0. The van der Waals surface area contributed by atoms with Crippen molar-refractivity contribution in [1.82, 2.24) is 0 Å². The van der Waals surface area contributed by atoms with Crippen LogP contribution in [0.4, 0.5) is 26.3 Å². The van der Waals surface area contributed by atoms with E-state index in [-0.39, 0.29) is 12.3 Å². The van der Waals surface area contributed by atoms with Gasteiger partial charge in [-0.25, -0.2) is 0 Å². The van der Waals surface area contributed by atoms with Crippen LogP contribution in [-0.2, 0) is 0 Å². The average Bonchev–Trinajstić information content (AvgIpc) is 2.14. The maximum absolute atomic E-state index is 12.6. The summed E-state index contributed by atoms with van der Waals surface area (Å²) < 4.78 is 75.1. The zero-order valence-corrected chi connectivity index (χ0v) is 9.34. The number of allylic oxidation sites excluding steroid dienone is 4. The third-order valence-corrected chi connectivity index (χ3v) is 2.71. The van der Waals surface area contributed by atoms with Crippen molar-refractivity contribution < 1.29 is 26.3 Å². The fraction of sp³-hybridized carbons (Fsp3) is 0.636. The van der Waals surface area contributed by atoms with E-state index in [1.54, 1.807) is 13.8 Å². The molecule has 0 amide bonds. The first-order valence-electron chi connectivity index (χ1n) is 5.11. The van der Waals surface area contributed by atoms with E-state index in [0.29, 0.717) is 11.6 Å². The van der Waals surface area contributed by atoms with Crippen LogP contribution in [0.25, 0.3) is 0 Å². The Kier molecular flexibility index (Phi) is 3.64. The first-order chi connectivity index (χ1) is 7.53. The highest BCUT2D eigenvalue weighted by molar-refractivity contribution is 5.39. The lowest BCUT2D eigenvalue weighted by atomic mass is 9.86. The fourth-order valence-electron chi connectivity index (χ4n) is 1.75. The first kappa shape index (κ1) is 14.1. The van der Waals surface area contributed by atoms with Gasteiger partial charge < -0.3 is 0 Å². The standard InChI is InChI=1S/C11H12F6/c1-6(2)7-3-4-8(10(12,13)14)9(5-7)11(15,16)17/h5-6H,3-4H2,1-2H3. The molecule has 0 saturated heterocycles. The molecule has 0 aromatic heterocycles. The van der Waals surface area contributed by atoms with Gasteiger partial charge in [-0.3, -0.25) is 0 Å². The zero-order chi connectivity index (χ0) is 13.4. The molecule has 0 spiro atoms. The van der Waals surface area contributed by atoms with Gasteiger partial charge in [0.05, 0.1) is 5.57 Å². The molecular formula is C11H12F6. The van der Waals surface area contributed by atoms with Gasteiger partial charge in [0.2, 0.25) is 0 Å². The van der Waals surface area contributed by atoms with Crippen LogP contribution in [0.1, 0.15) is 26.7 Å². The minimum Gasteiger partial charge on any atom is -0.166 e. The Labute approximate surface area is 95.0 Å². The maximum atomic E-state index is 12.6. The van der Waals surface area contributed by atoms with Crippen LogP contribution >= 0.6 is 0 Å². The highest BCUT2D eigenvalue weighted by Gasteiger charge is 2.45. The van der Waals surface area contributed by atoms with Gasteiger partial charge in [-0.05, 0) is 18.8 Å². The van der Waals surface area contributed by atoms with Crippen LogP contribution in [0, 0.1) is 5.92 Å². The molecule has 0 saturated carbocycles. The van der Waals surface area contributed by atoms with Gasteiger partial charge in [0.15, 0.2) is 0 Å². The molecule has 1 aliphatic carbocycles. The fourth-order valence-corrected chi connectivity index (χ4v) is 1.75. The van der Waals surface area contributed by atoms with Crippen molar-refractivity contribution in [1.29, 1.82) is 0 Å². The molecule has 0 unspecified atom stereocenters. The van der Waals surface area contributed by atoms with Crippen molar-refractivity contribution in [3.8, 4) is 0 Å². The summed E-state index contributed by atoms with van der Waals surface area (Å²) in [6.45, 7) is 3.33. The second kappa shape index (κ2) is 4.38. The van der Waals surface area contributed by atoms with Crippen molar-refractivity contribution in [2.24, 2.45) is 5.92 Å². The quantitative estimate of drug-likeness (QED) is 0.593. The second-order valence-corrected chi connectivity index (χ2v) is 4.26. The molecule has 1 rings (SSSR count). The third-order valence-electron chi connectivity index (χ3n) is 2.71. The van der Waals surface area contributed by atoms with Crippen molar-refractivity contribution >= 4 is 0 Å². The zero-order valence-electron chi connectivity index (χ0n) is 9.34. The van der Waals surface area contributed by atoms with Crippen LogP contribution in [0.15, 0.2) is 22.8 Å².